The van der Waals surface area contributed by atoms with Crippen molar-refractivity contribution in [3.8, 4) is 0 Å². The van der Waals surface area contributed by atoms with Gasteiger partial charge in [-0.05, 0) is 29.8 Å². The normalized spacial score (nSPS) is 26.1. The van der Waals surface area contributed by atoms with Gasteiger partial charge in [0.05, 0.1) is 17.6 Å². The number of likely N-dealkylation sites (tertiary alicyclic amines) is 1. The summed E-state index contributed by atoms with van der Waals surface area (Å²) in [5.41, 5.74) is 1.24. The molecule has 3 atom stereocenters. The second kappa shape index (κ2) is 7.44. The quantitative estimate of drug-likeness (QED) is 0.831. The molecule has 0 radical (unpaired) electrons. The maximum atomic E-state index is 12.4. The van der Waals surface area contributed by atoms with E-state index >= 15 is 0 Å². The Hall–Kier alpha value is -1.80. The number of aromatic nitrogens is 1. The monoisotopic (exact) mass is 373 g/mol. The van der Waals surface area contributed by atoms with E-state index in [0.29, 0.717) is 24.0 Å². The summed E-state index contributed by atoms with van der Waals surface area (Å²) in [7, 11) is -3.46. The third kappa shape index (κ3) is 3.81. The minimum absolute atomic E-state index is 0.197. The fourth-order valence-electron chi connectivity index (χ4n) is 3.87. The Morgan fingerprint density at radius 3 is 2.65 bits per heavy atom. The van der Waals surface area contributed by atoms with Gasteiger partial charge in [-0.1, -0.05) is 18.2 Å². The number of sulfonamides is 1. The lowest BCUT2D eigenvalue weighted by Gasteiger charge is -2.20. The van der Waals surface area contributed by atoms with Crippen LogP contribution in [0.2, 0.25) is 0 Å². The minimum Gasteiger partial charge on any atom is -0.376 e. The smallest absolute Gasteiger partial charge is 0.240 e. The number of hydrogen-bond donors (Lipinski definition) is 1. The molecule has 1 N–H and O–H groups in total. The predicted octanol–water partition coefficient (Wildman–Crippen LogP) is 1.51. The average molecular weight is 373 g/mol. The Kier molecular flexibility index (Phi) is 5.04. The molecule has 0 spiro atoms. The van der Waals surface area contributed by atoms with Crippen LogP contribution >= 0.6 is 0 Å². The van der Waals surface area contributed by atoms with Crippen molar-refractivity contribution in [3.63, 3.8) is 0 Å². The molecule has 0 aliphatic carbocycles. The first kappa shape index (κ1) is 17.6. The highest BCUT2D eigenvalue weighted by Crippen LogP contribution is 2.34. The molecule has 2 aliphatic heterocycles. The molecule has 4 rings (SSSR count). The van der Waals surface area contributed by atoms with Crippen LogP contribution < -0.4 is 4.72 Å². The summed E-state index contributed by atoms with van der Waals surface area (Å²) in [6.45, 7) is 3.75. The number of ether oxygens (including phenoxy) is 1. The molecule has 0 saturated carbocycles. The van der Waals surface area contributed by atoms with Crippen LogP contribution in [0.25, 0.3) is 0 Å². The molecule has 2 aliphatic rings. The first-order valence-corrected chi connectivity index (χ1v) is 10.4. The summed E-state index contributed by atoms with van der Waals surface area (Å²) < 4.78 is 33.5. The molecule has 6 nitrogen and oxygen atoms in total. The van der Waals surface area contributed by atoms with Gasteiger partial charge in [0.2, 0.25) is 10.0 Å². The predicted molar refractivity (Wildman–Crippen MR) is 97.9 cm³/mol. The van der Waals surface area contributed by atoms with E-state index in [1.165, 1.54) is 5.56 Å². The lowest BCUT2D eigenvalue weighted by atomic mass is 9.93. The highest BCUT2D eigenvalue weighted by Gasteiger charge is 2.43. The molecule has 1 aromatic heterocycles. The largest absolute Gasteiger partial charge is 0.376 e. The van der Waals surface area contributed by atoms with E-state index in [4.69, 9.17) is 4.74 Å². The van der Waals surface area contributed by atoms with Crippen LogP contribution in [0.4, 0.5) is 0 Å². The number of fused-ring (bicyclic) bond motifs is 1. The summed E-state index contributed by atoms with van der Waals surface area (Å²) in [6.07, 6.45) is 3.82. The Balaban J connectivity index is 1.35. The number of hydrogen-bond acceptors (Lipinski definition) is 5. The van der Waals surface area contributed by atoms with Crippen LogP contribution in [0.5, 0.6) is 0 Å². The van der Waals surface area contributed by atoms with Crippen molar-refractivity contribution in [2.45, 2.75) is 17.5 Å². The van der Waals surface area contributed by atoms with Crippen LogP contribution in [0.3, 0.4) is 0 Å². The fraction of sp³-hybridized carbons (Fsp3) is 0.421. The fourth-order valence-corrected chi connectivity index (χ4v) is 4.98. The van der Waals surface area contributed by atoms with Crippen LogP contribution in [-0.4, -0.2) is 50.6 Å². The maximum Gasteiger partial charge on any atom is 0.240 e. The Bertz CT molecular complexity index is 830. The topological polar surface area (TPSA) is 71.5 Å². The van der Waals surface area contributed by atoms with Gasteiger partial charge in [-0.25, -0.2) is 13.1 Å². The van der Waals surface area contributed by atoms with Crippen molar-refractivity contribution in [1.82, 2.24) is 14.6 Å². The van der Waals surface area contributed by atoms with Crippen molar-refractivity contribution >= 4 is 10.0 Å². The second-order valence-electron chi connectivity index (χ2n) is 7.01. The van der Waals surface area contributed by atoms with Gasteiger partial charge >= 0.3 is 0 Å². The van der Waals surface area contributed by atoms with Gasteiger partial charge in [0.15, 0.2) is 0 Å². The standard InChI is InChI=1S/C19H23N3O3S/c23-26(24,17-4-2-1-3-5-17)21-10-16-14-25-19-13-22(12-18(16)19)11-15-6-8-20-9-7-15/h1-9,16,18-19,21H,10-14H2/t16-,18+,19+/m1/s1. The second-order valence-corrected chi connectivity index (χ2v) is 8.78. The molecule has 2 saturated heterocycles. The molecule has 0 amide bonds. The van der Waals surface area contributed by atoms with E-state index in [9.17, 15) is 8.42 Å². The van der Waals surface area contributed by atoms with E-state index in [-0.39, 0.29) is 12.0 Å². The Labute approximate surface area is 154 Å². The van der Waals surface area contributed by atoms with Crippen molar-refractivity contribution < 1.29 is 13.2 Å². The highest BCUT2D eigenvalue weighted by molar-refractivity contribution is 7.89. The van der Waals surface area contributed by atoms with E-state index in [1.807, 2.05) is 30.6 Å². The van der Waals surface area contributed by atoms with Gasteiger partial charge in [-0.2, -0.15) is 0 Å². The van der Waals surface area contributed by atoms with Crippen molar-refractivity contribution in [1.29, 1.82) is 0 Å². The summed E-state index contributed by atoms with van der Waals surface area (Å²) >= 11 is 0. The van der Waals surface area contributed by atoms with Crippen molar-refractivity contribution in [2.75, 3.05) is 26.2 Å². The SMILES string of the molecule is O=S(=O)(NC[C@@H]1CO[C@H]2CN(Cc3ccncc3)C[C@@H]12)c1ccccc1. The number of rotatable bonds is 6. The number of nitrogens with one attached hydrogen (secondary N) is 1. The molecular weight excluding hydrogens is 350 g/mol. The van der Waals surface area contributed by atoms with E-state index in [1.54, 1.807) is 24.3 Å². The van der Waals surface area contributed by atoms with Crippen molar-refractivity contribution in [3.05, 3.63) is 60.4 Å². The molecule has 0 unspecified atom stereocenters. The average Bonchev–Trinajstić information content (AvgIpc) is 3.22. The summed E-state index contributed by atoms with van der Waals surface area (Å²) in [5.74, 6) is 0.580. The van der Waals surface area contributed by atoms with Gasteiger partial charge < -0.3 is 4.74 Å². The number of benzene rings is 1. The van der Waals surface area contributed by atoms with Gasteiger partial charge in [-0.3, -0.25) is 9.88 Å². The first-order chi connectivity index (χ1) is 12.6. The third-order valence-electron chi connectivity index (χ3n) is 5.26. The van der Waals surface area contributed by atoms with Gasteiger partial charge in [-0.15, -0.1) is 0 Å². The van der Waals surface area contributed by atoms with Crippen molar-refractivity contribution in [2.24, 2.45) is 11.8 Å². The lowest BCUT2D eigenvalue weighted by molar-refractivity contribution is 0.0942. The molecule has 1 aromatic carbocycles. The van der Waals surface area contributed by atoms with E-state index in [2.05, 4.69) is 14.6 Å². The highest BCUT2D eigenvalue weighted by atomic mass is 32.2. The van der Waals surface area contributed by atoms with E-state index in [0.717, 1.165) is 19.6 Å². The third-order valence-corrected chi connectivity index (χ3v) is 6.70. The van der Waals surface area contributed by atoms with Crippen LogP contribution in [0.1, 0.15) is 5.56 Å². The Morgan fingerprint density at radius 1 is 1.12 bits per heavy atom. The molecular formula is C19H23N3O3S. The van der Waals surface area contributed by atoms with Crippen LogP contribution in [-0.2, 0) is 21.3 Å². The Morgan fingerprint density at radius 2 is 1.88 bits per heavy atom. The van der Waals surface area contributed by atoms with Gasteiger partial charge in [0, 0.05) is 50.4 Å². The molecule has 26 heavy (non-hydrogen) atoms. The summed E-state index contributed by atoms with van der Waals surface area (Å²) in [4.78, 5) is 6.74. The van der Waals surface area contributed by atoms with Crippen LogP contribution in [0.15, 0.2) is 59.8 Å². The molecule has 2 fully saturated rings. The zero-order valence-electron chi connectivity index (χ0n) is 14.5. The number of nitrogens with zero attached hydrogens (tertiary/aromatic N) is 2. The summed E-state index contributed by atoms with van der Waals surface area (Å²) in [6, 6.07) is 12.6. The zero-order valence-corrected chi connectivity index (χ0v) is 15.3. The maximum absolute atomic E-state index is 12.4. The van der Waals surface area contributed by atoms with E-state index < -0.39 is 10.0 Å². The minimum atomic E-state index is -3.46. The molecule has 7 heteroatoms. The van der Waals surface area contributed by atoms with Crippen LogP contribution in [0, 0.1) is 11.8 Å². The van der Waals surface area contributed by atoms with Gasteiger partial charge in [0.1, 0.15) is 0 Å². The number of pyridine rings is 1. The summed E-state index contributed by atoms with van der Waals surface area (Å²) in [5, 5.41) is 0. The molecule has 2 aromatic rings. The first-order valence-electron chi connectivity index (χ1n) is 8.89. The zero-order chi connectivity index (χ0) is 18.0. The molecule has 3 heterocycles. The lowest BCUT2D eigenvalue weighted by Crippen LogP contribution is -2.34. The van der Waals surface area contributed by atoms with Gasteiger partial charge in [0.25, 0.3) is 0 Å². The molecule has 138 valence electrons. The molecule has 0 bridgehead atoms.